The molecule has 200 valence electrons. The Hall–Kier alpha value is -3.55. The van der Waals surface area contributed by atoms with E-state index in [-0.39, 0.29) is 11.9 Å². The molecule has 1 aliphatic carbocycles. The molecular formula is C30H38N6O2. The van der Waals surface area contributed by atoms with Gasteiger partial charge < -0.3 is 4.74 Å². The van der Waals surface area contributed by atoms with E-state index in [2.05, 4.69) is 52.1 Å². The Balaban J connectivity index is 1.27. The average Bonchev–Trinajstić information content (AvgIpc) is 3.52. The molecule has 4 aromatic rings. The molecule has 5 rings (SSSR count). The number of hydrogen-bond acceptors (Lipinski definition) is 6. The van der Waals surface area contributed by atoms with Crippen LogP contribution in [0.25, 0.3) is 11.0 Å². The third-order valence-electron chi connectivity index (χ3n) is 8.20. The van der Waals surface area contributed by atoms with Crippen LogP contribution in [0, 0.1) is 19.8 Å². The van der Waals surface area contributed by atoms with Crippen molar-refractivity contribution in [1.29, 1.82) is 0 Å². The second kappa shape index (κ2) is 11.5. The number of aryl methyl sites for hydroxylation is 3. The van der Waals surface area contributed by atoms with Crippen LogP contribution in [0.4, 0.5) is 0 Å². The molecular weight excluding hydrogens is 476 g/mol. The maximum absolute atomic E-state index is 13.0. The smallest absolute Gasteiger partial charge is 0.311 e. The van der Waals surface area contributed by atoms with Crippen molar-refractivity contribution in [3.63, 3.8) is 0 Å². The van der Waals surface area contributed by atoms with Gasteiger partial charge in [0.2, 0.25) is 0 Å². The second-order valence-electron chi connectivity index (χ2n) is 10.8. The fourth-order valence-electron chi connectivity index (χ4n) is 5.82. The Kier molecular flexibility index (Phi) is 7.86. The van der Waals surface area contributed by atoms with Crippen LogP contribution in [0.3, 0.4) is 0 Å². The van der Waals surface area contributed by atoms with Gasteiger partial charge in [-0.3, -0.25) is 4.79 Å². The van der Waals surface area contributed by atoms with Gasteiger partial charge in [-0.05, 0) is 85.4 Å². The minimum Gasteiger partial charge on any atom is -0.427 e. The highest BCUT2D eigenvalue weighted by Crippen LogP contribution is 2.31. The van der Waals surface area contributed by atoms with E-state index in [9.17, 15) is 4.79 Å². The summed E-state index contributed by atoms with van der Waals surface area (Å²) >= 11 is 0. The molecule has 1 fully saturated rings. The molecule has 8 nitrogen and oxygen atoms in total. The summed E-state index contributed by atoms with van der Waals surface area (Å²) in [5.41, 5.74) is 7.46. The number of rotatable bonds is 9. The van der Waals surface area contributed by atoms with Crippen molar-refractivity contribution in [2.45, 2.75) is 84.6 Å². The van der Waals surface area contributed by atoms with Crippen molar-refractivity contribution in [2.24, 2.45) is 13.0 Å². The minimum absolute atomic E-state index is 0.0547. The van der Waals surface area contributed by atoms with Gasteiger partial charge >= 0.3 is 5.97 Å². The largest absolute Gasteiger partial charge is 0.427 e. The maximum Gasteiger partial charge on any atom is 0.311 e. The molecule has 0 N–H and O–H groups in total. The van der Waals surface area contributed by atoms with Crippen molar-refractivity contribution in [2.75, 3.05) is 0 Å². The molecule has 0 aliphatic heterocycles. The van der Waals surface area contributed by atoms with E-state index in [1.807, 2.05) is 37.5 Å². The third kappa shape index (κ3) is 5.64. The molecule has 0 bridgehead atoms. The van der Waals surface area contributed by atoms with Crippen molar-refractivity contribution in [3.8, 4) is 5.75 Å². The lowest BCUT2D eigenvalue weighted by molar-refractivity contribution is -0.134. The number of nitrogens with zero attached hydrogens (tertiary/aromatic N) is 6. The first kappa shape index (κ1) is 26.1. The molecule has 1 saturated carbocycles. The van der Waals surface area contributed by atoms with Crippen LogP contribution >= 0.6 is 0 Å². The third-order valence-corrected chi connectivity index (χ3v) is 8.20. The van der Waals surface area contributed by atoms with E-state index in [0.717, 1.165) is 51.9 Å². The summed E-state index contributed by atoms with van der Waals surface area (Å²) in [4.78, 5) is 13.0. The van der Waals surface area contributed by atoms with Crippen molar-refractivity contribution >= 4 is 17.0 Å². The predicted molar refractivity (Wildman–Crippen MR) is 147 cm³/mol. The number of fused-ring (bicyclic) bond motifs is 1. The van der Waals surface area contributed by atoms with E-state index < -0.39 is 0 Å². The Labute approximate surface area is 224 Å². The molecule has 1 aliphatic rings. The van der Waals surface area contributed by atoms with Crippen molar-refractivity contribution in [3.05, 3.63) is 64.5 Å². The average molecular weight is 515 g/mol. The highest BCUT2D eigenvalue weighted by molar-refractivity contribution is 5.80. The Morgan fingerprint density at radius 3 is 2.71 bits per heavy atom. The Bertz CT molecular complexity index is 1420. The first-order chi connectivity index (χ1) is 18.4. The molecule has 2 heterocycles. The Morgan fingerprint density at radius 2 is 1.92 bits per heavy atom. The summed E-state index contributed by atoms with van der Waals surface area (Å²) in [5.74, 6) is 1.09. The fraction of sp³-hybridized carbons (Fsp3) is 0.500. The zero-order valence-electron chi connectivity index (χ0n) is 23.0. The summed E-state index contributed by atoms with van der Waals surface area (Å²) in [6.07, 6.45) is 10.2. The standard InChI is InChI=1S/C30H38N6O2/c1-5-23(27-13-14-28-30(21(27)3)32-34-35(28)4)17-29(37)38-26-12-11-20(2)24(16-26)15-25-18-31-33-36(25)19-22-9-7-6-8-10-22/h11-14,16,18,22-23H,5-10,15,17,19H2,1-4H3. The molecule has 2 aromatic heterocycles. The van der Waals surface area contributed by atoms with Gasteiger partial charge in [-0.25, -0.2) is 9.36 Å². The summed E-state index contributed by atoms with van der Waals surface area (Å²) in [6.45, 7) is 7.18. The van der Waals surface area contributed by atoms with Gasteiger partial charge in [-0.1, -0.05) is 48.7 Å². The predicted octanol–water partition coefficient (Wildman–Crippen LogP) is 5.84. The van der Waals surface area contributed by atoms with Crippen LogP contribution in [0.1, 0.15) is 85.7 Å². The highest BCUT2D eigenvalue weighted by atomic mass is 16.5. The van der Waals surface area contributed by atoms with Crippen molar-refractivity contribution < 1.29 is 9.53 Å². The van der Waals surface area contributed by atoms with Crippen LogP contribution in [0.2, 0.25) is 0 Å². The number of carbonyl (C=O) groups excluding carboxylic acids is 1. The van der Waals surface area contributed by atoms with Gasteiger partial charge in [0.25, 0.3) is 0 Å². The molecule has 38 heavy (non-hydrogen) atoms. The molecule has 1 unspecified atom stereocenters. The topological polar surface area (TPSA) is 87.7 Å². The SMILES string of the molecule is CCC(CC(=O)Oc1ccc(C)c(Cc2cnnn2CC2CCCCC2)c1)c1ccc2c(nnn2C)c1C. The van der Waals surface area contributed by atoms with Crippen LogP contribution in [0.15, 0.2) is 36.5 Å². The van der Waals surface area contributed by atoms with Crippen LogP contribution in [-0.4, -0.2) is 36.0 Å². The fourth-order valence-corrected chi connectivity index (χ4v) is 5.82. The van der Waals surface area contributed by atoms with E-state index >= 15 is 0 Å². The zero-order valence-corrected chi connectivity index (χ0v) is 23.0. The van der Waals surface area contributed by atoms with Gasteiger partial charge in [-0.15, -0.1) is 10.2 Å². The molecule has 2 aromatic carbocycles. The first-order valence-corrected chi connectivity index (χ1v) is 13.9. The maximum atomic E-state index is 13.0. The number of benzene rings is 2. The lowest BCUT2D eigenvalue weighted by Crippen LogP contribution is -2.17. The molecule has 8 heteroatoms. The number of carbonyl (C=O) groups is 1. The first-order valence-electron chi connectivity index (χ1n) is 13.9. The number of hydrogen-bond donors (Lipinski definition) is 0. The summed E-state index contributed by atoms with van der Waals surface area (Å²) in [6, 6.07) is 10.0. The van der Waals surface area contributed by atoms with E-state index in [4.69, 9.17) is 4.74 Å². The summed E-state index contributed by atoms with van der Waals surface area (Å²) in [5, 5.41) is 17.0. The van der Waals surface area contributed by atoms with Crippen LogP contribution in [-0.2, 0) is 24.8 Å². The second-order valence-corrected chi connectivity index (χ2v) is 10.8. The number of esters is 1. The normalized spacial score (nSPS) is 15.2. The van der Waals surface area contributed by atoms with Crippen LogP contribution in [0.5, 0.6) is 5.75 Å². The molecule has 0 amide bonds. The highest BCUT2D eigenvalue weighted by Gasteiger charge is 2.21. The van der Waals surface area contributed by atoms with Gasteiger partial charge in [0.15, 0.2) is 0 Å². The summed E-state index contributed by atoms with van der Waals surface area (Å²) < 4.78 is 9.70. The van der Waals surface area contributed by atoms with E-state index in [1.165, 1.54) is 32.1 Å². The minimum atomic E-state index is -0.227. The van der Waals surface area contributed by atoms with Gasteiger partial charge in [0.05, 0.1) is 23.8 Å². The number of aromatic nitrogens is 6. The lowest BCUT2D eigenvalue weighted by atomic mass is 9.89. The van der Waals surface area contributed by atoms with E-state index in [1.54, 1.807) is 4.68 Å². The lowest BCUT2D eigenvalue weighted by Gasteiger charge is -2.22. The Morgan fingerprint density at radius 1 is 1.11 bits per heavy atom. The number of ether oxygens (including phenoxy) is 1. The van der Waals surface area contributed by atoms with Gasteiger partial charge in [0, 0.05) is 20.0 Å². The molecule has 1 atom stereocenters. The quantitative estimate of drug-likeness (QED) is 0.206. The molecule has 0 saturated heterocycles. The summed E-state index contributed by atoms with van der Waals surface area (Å²) in [7, 11) is 1.89. The van der Waals surface area contributed by atoms with Crippen LogP contribution < -0.4 is 4.74 Å². The zero-order chi connectivity index (χ0) is 26.6. The molecule has 0 radical (unpaired) electrons. The molecule has 0 spiro atoms. The van der Waals surface area contributed by atoms with E-state index in [0.29, 0.717) is 24.5 Å². The van der Waals surface area contributed by atoms with Gasteiger partial charge in [-0.2, -0.15) is 0 Å². The van der Waals surface area contributed by atoms with Crippen molar-refractivity contribution in [1.82, 2.24) is 30.0 Å². The monoisotopic (exact) mass is 514 g/mol. The van der Waals surface area contributed by atoms with Gasteiger partial charge in [0.1, 0.15) is 11.3 Å².